The minimum Gasteiger partial charge on any atom is -0.378 e. The van der Waals surface area contributed by atoms with Gasteiger partial charge in [0.25, 0.3) is 0 Å². The molecule has 0 radical (unpaired) electrons. The summed E-state index contributed by atoms with van der Waals surface area (Å²) >= 11 is 0. The fraction of sp³-hybridized carbons (Fsp3) is 0.562. The Morgan fingerprint density at radius 1 is 1.30 bits per heavy atom. The summed E-state index contributed by atoms with van der Waals surface area (Å²) in [4.78, 5) is 6.76. The van der Waals surface area contributed by atoms with Gasteiger partial charge >= 0.3 is 0 Å². The zero-order valence-corrected chi connectivity index (χ0v) is 13.6. The summed E-state index contributed by atoms with van der Waals surface area (Å²) in [7, 11) is 4.12. The van der Waals surface area contributed by atoms with Gasteiger partial charge in [0.15, 0.2) is 5.96 Å². The van der Waals surface area contributed by atoms with Gasteiger partial charge < -0.3 is 15.5 Å². The van der Waals surface area contributed by atoms with Gasteiger partial charge in [-0.25, -0.2) is 4.99 Å². The first-order chi connectivity index (χ1) is 9.43. The molecule has 0 saturated carbocycles. The summed E-state index contributed by atoms with van der Waals surface area (Å²) in [5, 5.41) is 6.59. The normalized spacial score (nSPS) is 11.7. The van der Waals surface area contributed by atoms with Gasteiger partial charge in [0, 0.05) is 32.4 Å². The molecule has 0 bridgehead atoms. The molecule has 4 heteroatoms. The van der Waals surface area contributed by atoms with E-state index in [2.05, 4.69) is 80.5 Å². The van der Waals surface area contributed by atoms with Gasteiger partial charge in [0.05, 0.1) is 6.54 Å². The number of hydrogen-bond donors (Lipinski definition) is 2. The Balaban J connectivity index is 2.80. The Bertz CT molecular complexity index is 450. The van der Waals surface area contributed by atoms with Crippen LogP contribution in [0.3, 0.4) is 0 Å². The van der Waals surface area contributed by atoms with Crippen molar-refractivity contribution in [2.75, 3.05) is 25.5 Å². The quantitative estimate of drug-likeness (QED) is 0.641. The molecule has 112 valence electrons. The van der Waals surface area contributed by atoms with Gasteiger partial charge in [-0.1, -0.05) is 6.07 Å². The van der Waals surface area contributed by atoms with E-state index in [1.54, 1.807) is 0 Å². The van der Waals surface area contributed by atoms with Crippen molar-refractivity contribution in [2.24, 2.45) is 4.99 Å². The molecule has 0 aromatic heterocycles. The maximum Gasteiger partial charge on any atom is 0.191 e. The van der Waals surface area contributed by atoms with Crippen LogP contribution in [0.2, 0.25) is 0 Å². The van der Waals surface area contributed by atoms with Gasteiger partial charge in [-0.15, -0.1) is 0 Å². The zero-order valence-electron chi connectivity index (χ0n) is 13.6. The highest BCUT2D eigenvalue weighted by atomic mass is 15.2. The third-order valence-electron chi connectivity index (χ3n) is 3.02. The van der Waals surface area contributed by atoms with E-state index in [9.17, 15) is 0 Å². The van der Waals surface area contributed by atoms with E-state index in [-0.39, 0.29) is 0 Å². The molecule has 0 amide bonds. The Morgan fingerprint density at radius 3 is 2.50 bits per heavy atom. The number of anilines is 1. The SMILES string of the molecule is CCNC(=NCc1ccc(N(C)C)cc1C)NC(C)C. The summed E-state index contributed by atoms with van der Waals surface area (Å²) in [6, 6.07) is 6.88. The lowest BCUT2D eigenvalue weighted by molar-refractivity contribution is 0.700. The van der Waals surface area contributed by atoms with Crippen molar-refractivity contribution in [3.63, 3.8) is 0 Å². The van der Waals surface area contributed by atoms with Crippen molar-refractivity contribution in [3.05, 3.63) is 29.3 Å². The molecular formula is C16H28N4. The molecule has 0 aliphatic heterocycles. The van der Waals surface area contributed by atoms with Crippen LogP contribution in [0.1, 0.15) is 31.9 Å². The molecule has 0 unspecified atom stereocenters. The van der Waals surface area contributed by atoms with Crippen LogP contribution >= 0.6 is 0 Å². The number of rotatable bonds is 5. The number of nitrogens with one attached hydrogen (secondary N) is 2. The van der Waals surface area contributed by atoms with Gasteiger partial charge in [0.2, 0.25) is 0 Å². The molecule has 0 heterocycles. The molecule has 0 saturated heterocycles. The Hall–Kier alpha value is -1.71. The molecule has 20 heavy (non-hydrogen) atoms. The Labute approximate surface area is 123 Å². The first-order valence-corrected chi connectivity index (χ1v) is 7.25. The topological polar surface area (TPSA) is 39.7 Å². The number of aliphatic imine (C=N–C) groups is 1. The Morgan fingerprint density at radius 2 is 2.00 bits per heavy atom. The molecule has 0 atom stereocenters. The Kier molecular flexibility index (Phi) is 6.36. The second-order valence-corrected chi connectivity index (χ2v) is 5.50. The van der Waals surface area contributed by atoms with Crippen LogP contribution in [0.4, 0.5) is 5.69 Å². The lowest BCUT2D eigenvalue weighted by atomic mass is 10.1. The van der Waals surface area contributed by atoms with Crippen molar-refractivity contribution in [2.45, 2.75) is 40.3 Å². The van der Waals surface area contributed by atoms with E-state index >= 15 is 0 Å². The minimum absolute atomic E-state index is 0.380. The summed E-state index contributed by atoms with van der Waals surface area (Å²) in [5.74, 6) is 0.874. The van der Waals surface area contributed by atoms with E-state index < -0.39 is 0 Å². The second-order valence-electron chi connectivity index (χ2n) is 5.50. The summed E-state index contributed by atoms with van der Waals surface area (Å²) in [6.07, 6.45) is 0. The van der Waals surface area contributed by atoms with Crippen LogP contribution in [-0.4, -0.2) is 32.6 Å². The molecule has 4 nitrogen and oxygen atoms in total. The lowest BCUT2D eigenvalue weighted by Gasteiger charge is -2.16. The first kappa shape index (κ1) is 16.3. The summed E-state index contributed by atoms with van der Waals surface area (Å²) in [5.41, 5.74) is 3.76. The van der Waals surface area contributed by atoms with E-state index in [0.717, 1.165) is 12.5 Å². The highest BCUT2D eigenvalue weighted by molar-refractivity contribution is 5.80. The predicted octanol–water partition coefficient (Wildman–Crippen LogP) is 2.52. The zero-order chi connectivity index (χ0) is 15.1. The van der Waals surface area contributed by atoms with E-state index in [0.29, 0.717) is 12.6 Å². The molecule has 1 rings (SSSR count). The van der Waals surface area contributed by atoms with Crippen molar-refractivity contribution in [1.82, 2.24) is 10.6 Å². The van der Waals surface area contributed by atoms with Gasteiger partial charge in [0.1, 0.15) is 0 Å². The van der Waals surface area contributed by atoms with Crippen molar-refractivity contribution in [1.29, 1.82) is 0 Å². The fourth-order valence-corrected chi connectivity index (χ4v) is 1.89. The van der Waals surface area contributed by atoms with Gasteiger partial charge in [-0.3, -0.25) is 0 Å². The number of hydrogen-bond acceptors (Lipinski definition) is 2. The van der Waals surface area contributed by atoms with E-state index in [4.69, 9.17) is 0 Å². The van der Waals surface area contributed by atoms with Crippen LogP contribution in [0, 0.1) is 6.92 Å². The highest BCUT2D eigenvalue weighted by Gasteiger charge is 2.03. The summed E-state index contributed by atoms with van der Waals surface area (Å²) in [6.45, 7) is 10.0. The minimum atomic E-state index is 0.380. The molecular weight excluding hydrogens is 248 g/mol. The largest absolute Gasteiger partial charge is 0.378 e. The average molecular weight is 276 g/mol. The number of benzene rings is 1. The molecule has 0 spiro atoms. The van der Waals surface area contributed by atoms with Crippen LogP contribution < -0.4 is 15.5 Å². The lowest BCUT2D eigenvalue weighted by Crippen LogP contribution is -2.41. The van der Waals surface area contributed by atoms with Crippen LogP contribution in [0.25, 0.3) is 0 Å². The van der Waals surface area contributed by atoms with E-state index in [1.165, 1.54) is 16.8 Å². The molecule has 1 aromatic rings. The third kappa shape index (κ3) is 5.11. The maximum absolute atomic E-state index is 4.64. The van der Waals surface area contributed by atoms with Crippen LogP contribution in [0.5, 0.6) is 0 Å². The summed E-state index contributed by atoms with van der Waals surface area (Å²) < 4.78 is 0. The number of aryl methyl sites for hydroxylation is 1. The molecule has 0 aliphatic carbocycles. The fourth-order valence-electron chi connectivity index (χ4n) is 1.89. The number of nitrogens with zero attached hydrogens (tertiary/aromatic N) is 2. The average Bonchev–Trinajstić information content (AvgIpc) is 2.36. The smallest absolute Gasteiger partial charge is 0.191 e. The first-order valence-electron chi connectivity index (χ1n) is 7.25. The molecule has 2 N–H and O–H groups in total. The van der Waals surface area contributed by atoms with Gasteiger partial charge in [-0.05, 0) is 51.0 Å². The van der Waals surface area contributed by atoms with Crippen molar-refractivity contribution in [3.8, 4) is 0 Å². The molecule has 0 fully saturated rings. The third-order valence-corrected chi connectivity index (χ3v) is 3.02. The molecule has 0 aliphatic rings. The standard InChI is InChI=1S/C16H28N4/c1-7-17-16(19-12(2)3)18-11-14-8-9-15(20(5)6)10-13(14)4/h8-10,12H,7,11H2,1-6H3,(H2,17,18,19). The van der Waals surface area contributed by atoms with Crippen molar-refractivity contribution < 1.29 is 0 Å². The van der Waals surface area contributed by atoms with Crippen molar-refractivity contribution >= 4 is 11.6 Å². The predicted molar refractivity (Wildman–Crippen MR) is 88.6 cm³/mol. The number of guanidine groups is 1. The van der Waals surface area contributed by atoms with Crippen LogP contribution in [-0.2, 0) is 6.54 Å². The second kappa shape index (κ2) is 7.78. The molecule has 1 aromatic carbocycles. The maximum atomic E-state index is 4.64. The van der Waals surface area contributed by atoms with Crippen LogP contribution in [0.15, 0.2) is 23.2 Å². The monoisotopic (exact) mass is 276 g/mol. The highest BCUT2D eigenvalue weighted by Crippen LogP contribution is 2.17. The van der Waals surface area contributed by atoms with E-state index in [1.807, 2.05) is 0 Å². The van der Waals surface area contributed by atoms with Gasteiger partial charge in [-0.2, -0.15) is 0 Å².